The number of rotatable bonds is 9. The first-order valence-electron chi connectivity index (χ1n) is 7.50. The quantitative estimate of drug-likeness (QED) is 0.633. The van der Waals surface area contributed by atoms with Gasteiger partial charge in [0.05, 0.1) is 37.6 Å². The van der Waals surface area contributed by atoms with Gasteiger partial charge in [-0.05, 0) is 40.0 Å². The Morgan fingerprint density at radius 1 is 0.944 bits per heavy atom. The predicted octanol–water partition coefficient (Wildman–Crippen LogP) is 3.55. The Kier molecular flexibility index (Phi) is 7.87. The Labute approximate surface area is 112 Å². The summed E-state index contributed by atoms with van der Waals surface area (Å²) in [6.07, 6.45) is 7.24. The van der Waals surface area contributed by atoms with Gasteiger partial charge in [0.2, 0.25) is 0 Å². The van der Waals surface area contributed by atoms with Crippen LogP contribution in [-0.4, -0.2) is 37.6 Å². The van der Waals surface area contributed by atoms with Gasteiger partial charge in [0.15, 0.2) is 0 Å². The average Bonchev–Trinajstić information content (AvgIpc) is 2.86. The molecule has 3 heteroatoms. The minimum absolute atomic E-state index is 0.161. The van der Waals surface area contributed by atoms with Gasteiger partial charge >= 0.3 is 0 Å². The predicted molar refractivity (Wildman–Crippen MR) is 73.9 cm³/mol. The van der Waals surface area contributed by atoms with Gasteiger partial charge in [-0.15, -0.1) is 0 Å². The van der Waals surface area contributed by atoms with Crippen LogP contribution in [0.4, 0.5) is 0 Å². The van der Waals surface area contributed by atoms with E-state index in [-0.39, 0.29) is 12.2 Å². The van der Waals surface area contributed by atoms with Crippen LogP contribution < -0.4 is 0 Å². The molecule has 108 valence electrons. The van der Waals surface area contributed by atoms with Gasteiger partial charge in [0.1, 0.15) is 0 Å². The molecule has 1 rings (SSSR count). The summed E-state index contributed by atoms with van der Waals surface area (Å²) in [6, 6.07) is 0. The summed E-state index contributed by atoms with van der Waals surface area (Å²) in [5.74, 6) is 0. The molecule has 0 N–H and O–H groups in total. The van der Waals surface area contributed by atoms with Crippen molar-refractivity contribution in [2.24, 2.45) is 0 Å². The van der Waals surface area contributed by atoms with Crippen molar-refractivity contribution in [3.8, 4) is 0 Å². The summed E-state index contributed by atoms with van der Waals surface area (Å²) in [4.78, 5) is 0. The van der Waals surface area contributed by atoms with Crippen LogP contribution >= 0.6 is 0 Å². The van der Waals surface area contributed by atoms with E-state index in [0.717, 1.165) is 6.42 Å². The van der Waals surface area contributed by atoms with Crippen molar-refractivity contribution in [1.82, 2.24) is 0 Å². The third-order valence-corrected chi connectivity index (χ3v) is 3.52. The third kappa shape index (κ3) is 6.72. The number of hydrogen-bond acceptors (Lipinski definition) is 3. The first-order chi connectivity index (χ1) is 8.61. The largest absolute Gasteiger partial charge is 0.376 e. The Balaban J connectivity index is 2.02. The van der Waals surface area contributed by atoms with E-state index in [9.17, 15) is 0 Å². The van der Waals surface area contributed by atoms with Crippen LogP contribution in [0.2, 0.25) is 0 Å². The Morgan fingerprint density at radius 3 is 2.22 bits per heavy atom. The zero-order valence-electron chi connectivity index (χ0n) is 12.5. The number of ether oxygens (including phenoxy) is 3. The van der Waals surface area contributed by atoms with E-state index in [1.807, 2.05) is 0 Å². The Bertz CT molecular complexity index is 202. The van der Waals surface area contributed by atoms with Crippen LogP contribution in [0.3, 0.4) is 0 Å². The molecule has 0 radical (unpaired) electrons. The van der Waals surface area contributed by atoms with Crippen LogP contribution in [0, 0.1) is 0 Å². The highest BCUT2D eigenvalue weighted by Gasteiger charge is 2.17. The van der Waals surface area contributed by atoms with E-state index in [0.29, 0.717) is 25.4 Å². The van der Waals surface area contributed by atoms with Crippen LogP contribution in [0.25, 0.3) is 0 Å². The molecule has 1 aliphatic rings. The van der Waals surface area contributed by atoms with E-state index < -0.39 is 0 Å². The smallest absolute Gasteiger partial charge is 0.0784 e. The highest BCUT2D eigenvalue weighted by atomic mass is 16.6. The van der Waals surface area contributed by atoms with Crippen LogP contribution in [0.5, 0.6) is 0 Å². The Morgan fingerprint density at radius 2 is 1.61 bits per heavy atom. The van der Waals surface area contributed by atoms with Crippen LogP contribution in [0.1, 0.15) is 59.8 Å². The third-order valence-electron chi connectivity index (χ3n) is 3.52. The second-order valence-electron chi connectivity index (χ2n) is 5.55. The molecule has 0 spiro atoms. The highest BCUT2D eigenvalue weighted by molar-refractivity contribution is 4.67. The lowest BCUT2D eigenvalue weighted by atomic mass is 10.3. The van der Waals surface area contributed by atoms with Crippen molar-refractivity contribution in [3.63, 3.8) is 0 Å². The maximum atomic E-state index is 5.83. The van der Waals surface area contributed by atoms with E-state index >= 15 is 0 Å². The van der Waals surface area contributed by atoms with Crippen molar-refractivity contribution < 1.29 is 14.2 Å². The van der Waals surface area contributed by atoms with Gasteiger partial charge < -0.3 is 14.2 Å². The first-order valence-corrected chi connectivity index (χ1v) is 7.50. The molecule has 0 amide bonds. The standard InChI is InChI=1S/C15H30O3/c1-5-12(2)18-14(4)11-16-13(3)10-17-15-8-6-7-9-15/h12-15H,5-11H2,1-4H3. The zero-order valence-corrected chi connectivity index (χ0v) is 12.5. The van der Waals surface area contributed by atoms with Gasteiger partial charge in [0.25, 0.3) is 0 Å². The van der Waals surface area contributed by atoms with Crippen LogP contribution in [-0.2, 0) is 14.2 Å². The van der Waals surface area contributed by atoms with Gasteiger partial charge in [-0.2, -0.15) is 0 Å². The van der Waals surface area contributed by atoms with Gasteiger partial charge in [0, 0.05) is 0 Å². The summed E-state index contributed by atoms with van der Waals surface area (Å²) in [5, 5.41) is 0. The SMILES string of the molecule is CCC(C)OC(C)COC(C)COC1CCCC1. The molecule has 0 aromatic heterocycles. The molecule has 0 bridgehead atoms. The second-order valence-corrected chi connectivity index (χ2v) is 5.55. The normalized spacial score (nSPS) is 22.0. The molecule has 0 heterocycles. The van der Waals surface area contributed by atoms with Gasteiger partial charge in [-0.25, -0.2) is 0 Å². The monoisotopic (exact) mass is 258 g/mol. The summed E-state index contributed by atoms with van der Waals surface area (Å²) in [6.45, 7) is 9.74. The summed E-state index contributed by atoms with van der Waals surface area (Å²) >= 11 is 0. The number of hydrogen-bond donors (Lipinski definition) is 0. The van der Waals surface area contributed by atoms with Crippen molar-refractivity contribution in [2.75, 3.05) is 13.2 Å². The van der Waals surface area contributed by atoms with Crippen LogP contribution in [0.15, 0.2) is 0 Å². The minimum atomic E-state index is 0.161. The van der Waals surface area contributed by atoms with Crippen molar-refractivity contribution in [1.29, 1.82) is 0 Å². The molecule has 1 saturated carbocycles. The van der Waals surface area contributed by atoms with Gasteiger partial charge in [-0.3, -0.25) is 0 Å². The topological polar surface area (TPSA) is 27.7 Å². The fourth-order valence-electron chi connectivity index (χ4n) is 2.21. The minimum Gasteiger partial charge on any atom is -0.376 e. The highest BCUT2D eigenvalue weighted by Crippen LogP contribution is 2.21. The van der Waals surface area contributed by atoms with Crippen molar-refractivity contribution in [2.45, 2.75) is 84.2 Å². The molecule has 0 aliphatic heterocycles. The molecular formula is C15H30O3. The zero-order chi connectivity index (χ0) is 13.4. The lowest BCUT2D eigenvalue weighted by Crippen LogP contribution is -2.27. The molecular weight excluding hydrogens is 228 g/mol. The van der Waals surface area contributed by atoms with E-state index in [4.69, 9.17) is 14.2 Å². The van der Waals surface area contributed by atoms with Crippen molar-refractivity contribution in [3.05, 3.63) is 0 Å². The molecule has 1 aliphatic carbocycles. The molecule has 3 unspecified atom stereocenters. The molecule has 0 aromatic rings. The second kappa shape index (κ2) is 8.89. The Hall–Kier alpha value is -0.120. The molecule has 1 fully saturated rings. The molecule has 0 aromatic carbocycles. The molecule has 3 nitrogen and oxygen atoms in total. The molecule has 0 saturated heterocycles. The lowest BCUT2D eigenvalue weighted by Gasteiger charge is -2.21. The maximum Gasteiger partial charge on any atom is 0.0784 e. The van der Waals surface area contributed by atoms with Gasteiger partial charge in [-0.1, -0.05) is 19.8 Å². The van der Waals surface area contributed by atoms with E-state index in [1.54, 1.807) is 0 Å². The average molecular weight is 258 g/mol. The van der Waals surface area contributed by atoms with Crippen molar-refractivity contribution >= 4 is 0 Å². The summed E-state index contributed by atoms with van der Waals surface area (Å²) < 4.78 is 17.4. The van der Waals surface area contributed by atoms with E-state index in [2.05, 4.69) is 27.7 Å². The fourth-order valence-corrected chi connectivity index (χ4v) is 2.21. The molecule has 18 heavy (non-hydrogen) atoms. The maximum absolute atomic E-state index is 5.83. The summed E-state index contributed by atoms with van der Waals surface area (Å²) in [5.41, 5.74) is 0. The first kappa shape index (κ1) is 15.9. The molecule has 3 atom stereocenters. The summed E-state index contributed by atoms with van der Waals surface area (Å²) in [7, 11) is 0. The van der Waals surface area contributed by atoms with E-state index in [1.165, 1.54) is 25.7 Å². The fraction of sp³-hybridized carbons (Fsp3) is 1.00. The lowest BCUT2D eigenvalue weighted by molar-refractivity contribution is -0.0838.